The van der Waals surface area contributed by atoms with E-state index in [4.69, 9.17) is 4.74 Å². The molecule has 1 saturated heterocycles. The molecular weight excluding hydrogens is 258 g/mol. The quantitative estimate of drug-likeness (QED) is 0.675. The normalized spacial score (nSPS) is 17.3. The van der Waals surface area contributed by atoms with Crippen molar-refractivity contribution in [2.45, 2.75) is 52.4 Å². The highest BCUT2D eigenvalue weighted by Crippen LogP contribution is 2.19. The summed E-state index contributed by atoms with van der Waals surface area (Å²) in [5.74, 6) is 2.52. The molecule has 0 aromatic heterocycles. The van der Waals surface area contributed by atoms with Crippen molar-refractivity contribution in [1.29, 1.82) is 0 Å². The number of benzene rings is 1. The second-order valence-corrected chi connectivity index (χ2v) is 6.80. The third-order valence-electron chi connectivity index (χ3n) is 4.56. The summed E-state index contributed by atoms with van der Waals surface area (Å²) in [5, 5.41) is 0. The Morgan fingerprint density at radius 2 is 1.76 bits per heavy atom. The zero-order valence-electron chi connectivity index (χ0n) is 14.0. The fourth-order valence-electron chi connectivity index (χ4n) is 2.86. The molecule has 0 amide bonds. The third kappa shape index (κ3) is 5.70. The van der Waals surface area contributed by atoms with E-state index in [0.29, 0.717) is 5.92 Å². The van der Waals surface area contributed by atoms with Gasteiger partial charge in [-0.05, 0) is 74.8 Å². The molecule has 2 heteroatoms. The van der Waals surface area contributed by atoms with Gasteiger partial charge in [-0.25, -0.2) is 0 Å². The molecule has 0 radical (unpaired) electrons. The van der Waals surface area contributed by atoms with E-state index in [-0.39, 0.29) is 0 Å². The minimum atomic E-state index is 0.589. The van der Waals surface area contributed by atoms with E-state index >= 15 is 0 Å². The number of nitrogens with zero attached hydrogens (tertiary/aromatic N) is 1. The van der Waals surface area contributed by atoms with Crippen LogP contribution in [0, 0.1) is 5.92 Å². The summed E-state index contributed by atoms with van der Waals surface area (Å²) in [7, 11) is 0. The number of piperidine rings is 1. The van der Waals surface area contributed by atoms with Crippen LogP contribution in [0.4, 0.5) is 0 Å². The number of hydrogen-bond acceptors (Lipinski definition) is 2. The highest BCUT2D eigenvalue weighted by molar-refractivity contribution is 5.28. The highest BCUT2D eigenvalue weighted by Gasteiger charge is 2.14. The summed E-state index contributed by atoms with van der Waals surface area (Å²) in [6, 6.07) is 8.55. The van der Waals surface area contributed by atoms with Gasteiger partial charge in [-0.3, -0.25) is 0 Å². The van der Waals surface area contributed by atoms with Gasteiger partial charge in [0, 0.05) is 0 Å². The summed E-state index contributed by atoms with van der Waals surface area (Å²) in [4.78, 5) is 2.61. The summed E-state index contributed by atoms with van der Waals surface area (Å²) in [6.45, 7) is 11.5. The van der Waals surface area contributed by atoms with Gasteiger partial charge in [-0.1, -0.05) is 32.9 Å². The average molecular weight is 289 g/mol. The van der Waals surface area contributed by atoms with Crippen molar-refractivity contribution in [1.82, 2.24) is 4.90 Å². The lowest BCUT2D eigenvalue weighted by Gasteiger charge is -2.30. The van der Waals surface area contributed by atoms with Gasteiger partial charge >= 0.3 is 0 Å². The number of likely N-dealkylation sites (tertiary alicyclic amines) is 1. The Kier molecular flexibility index (Phi) is 6.56. The first kappa shape index (κ1) is 16.4. The fourth-order valence-corrected chi connectivity index (χ4v) is 2.86. The molecule has 1 aromatic rings. The van der Waals surface area contributed by atoms with E-state index in [2.05, 4.69) is 49.9 Å². The monoisotopic (exact) mass is 289 g/mol. The minimum absolute atomic E-state index is 0.589. The predicted octanol–water partition coefficient (Wildman–Crippen LogP) is 4.70. The van der Waals surface area contributed by atoms with Gasteiger partial charge in [0.25, 0.3) is 0 Å². The summed E-state index contributed by atoms with van der Waals surface area (Å²) < 4.78 is 5.83. The smallest absolute Gasteiger partial charge is 0.119 e. The van der Waals surface area contributed by atoms with Gasteiger partial charge in [0.2, 0.25) is 0 Å². The van der Waals surface area contributed by atoms with Crippen LogP contribution in [0.5, 0.6) is 5.75 Å². The van der Waals surface area contributed by atoms with Crippen LogP contribution in [0.1, 0.15) is 57.9 Å². The van der Waals surface area contributed by atoms with Gasteiger partial charge in [-0.15, -0.1) is 0 Å². The SMILES string of the molecule is CC1CCN(CCCCOc2ccc(C(C)C)cc2)CC1. The lowest BCUT2D eigenvalue weighted by molar-refractivity contribution is 0.185. The standard InChI is InChI=1S/C19H31NO/c1-16(2)18-6-8-19(9-7-18)21-15-5-4-12-20-13-10-17(3)11-14-20/h6-9,16-17H,4-5,10-15H2,1-3H3. The van der Waals surface area contributed by atoms with E-state index < -0.39 is 0 Å². The maximum Gasteiger partial charge on any atom is 0.119 e. The lowest BCUT2D eigenvalue weighted by atomic mass is 9.99. The van der Waals surface area contributed by atoms with E-state index in [1.807, 2.05) is 0 Å². The molecule has 0 unspecified atom stereocenters. The van der Waals surface area contributed by atoms with Crippen LogP contribution in [0.2, 0.25) is 0 Å². The summed E-state index contributed by atoms with van der Waals surface area (Å²) in [6.07, 6.45) is 5.15. The van der Waals surface area contributed by atoms with Crippen LogP contribution in [-0.4, -0.2) is 31.1 Å². The highest BCUT2D eigenvalue weighted by atomic mass is 16.5. The molecule has 0 saturated carbocycles. The maximum atomic E-state index is 5.83. The van der Waals surface area contributed by atoms with Gasteiger partial charge in [0.15, 0.2) is 0 Å². The van der Waals surface area contributed by atoms with Crippen LogP contribution in [0.15, 0.2) is 24.3 Å². The number of hydrogen-bond donors (Lipinski definition) is 0. The fraction of sp³-hybridized carbons (Fsp3) is 0.684. The largest absolute Gasteiger partial charge is 0.494 e. The van der Waals surface area contributed by atoms with Crippen LogP contribution in [-0.2, 0) is 0 Å². The molecular formula is C19H31NO. The molecule has 1 aliphatic rings. The number of unbranched alkanes of at least 4 members (excludes halogenated alkanes) is 1. The zero-order valence-corrected chi connectivity index (χ0v) is 14.0. The number of rotatable bonds is 7. The van der Waals surface area contributed by atoms with Crippen LogP contribution in [0.25, 0.3) is 0 Å². The molecule has 0 aliphatic carbocycles. The first-order valence-electron chi connectivity index (χ1n) is 8.60. The Morgan fingerprint density at radius 3 is 2.38 bits per heavy atom. The second kappa shape index (κ2) is 8.43. The van der Waals surface area contributed by atoms with Gasteiger partial charge in [-0.2, -0.15) is 0 Å². The molecule has 1 fully saturated rings. The molecule has 118 valence electrons. The van der Waals surface area contributed by atoms with Crippen molar-refractivity contribution in [2.75, 3.05) is 26.2 Å². The molecule has 0 spiro atoms. The van der Waals surface area contributed by atoms with Crippen LogP contribution in [0.3, 0.4) is 0 Å². The molecule has 1 aliphatic heterocycles. The van der Waals surface area contributed by atoms with Gasteiger partial charge < -0.3 is 9.64 Å². The van der Waals surface area contributed by atoms with Gasteiger partial charge in [0.1, 0.15) is 5.75 Å². The Hall–Kier alpha value is -1.02. The average Bonchev–Trinajstić information content (AvgIpc) is 2.49. The Morgan fingerprint density at radius 1 is 1.10 bits per heavy atom. The van der Waals surface area contributed by atoms with E-state index in [9.17, 15) is 0 Å². The van der Waals surface area contributed by atoms with E-state index in [1.54, 1.807) is 0 Å². The molecule has 2 rings (SSSR count). The van der Waals surface area contributed by atoms with Crippen molar-refractivity contribution in [2.24, 2.45) is 5.92 Å². The predicted molar refractivity (Wildman–Crippen MR) is 90.1 cm³/mol. The third-order valence-corrected chi connectivity index (χ3v) is 4.56. The molecule has 2 nitrogen and oxygen atoms in total. The molecule has 1 aromatic carbocycles. The molecule has 0 N–H and O–H groups in total. The molecule has 0 bridgehead atoms. The van der Waals surface area contributed by atoms with Crippen molar-refractivity contribution >= 4 is 0 Å². The molecule has 1 heterocycles. The first-order valence-corrected chi connectivity index (χ1v) is 8.60. The Bertz CT molecular complexity index is 391. The van der Waals surface area contributed by atoms with Crippen molar-refractivity contribution in [3.8, 4) is 5.75 Å². The van der Waals surface area contributed by atoms with E-state index in [1.165, 1.54) is 44.5 Å². The van der Waals surface area contributed by atoms with Crippen molar-refractivity contribution in [3.05, 3.63) is 29.8 Å². The molecule has 0 atom stereocenters. The first-order chi connectivity index (χ1) is 10.1. The van der Waals surface area contributed by atoms with Crippen molar-refractivity contribution in [3.63, 3.8) is 0 Å². The zero-order chi connectivity index (χ0) is 15.1. The lowest BCUT2D eigenvalue weighted by Crippen LogP contribution is -2.33. The summed E-state index contributed by atoms with van der Waals surface area (Å²) >= 11 is 0. The van der Waals surface area contributed by atoms with Crippen molar-refractivity contribution < 1.29 is 4.74 Å². The van der Waals surface area contributed by atoms with Crippen LogP contribution < -0.4 is 4.74 Å². The topological polar surface area (TPSA) is 12.5 Å². The summed E-state index contributed by atoms with van der Waals surface area (Å²) in [5.41, 5.74) is 1.38. The minimum Gasteiger partial charge on any atom is -0.494 e. The maximum absolute atomic E-state index is 5.83. The second-order valence-electron chi connectivity index (χ2n) is 6.80. The number of ether oxygens (including phenoxy) is 1. The van der Waals surface area contributed by atoms with Crippen LogP contribution >= 0.6 is 0 Å². The molecule has 21 heavy (non-hydrogen) atoms. The Labute approximate surface area is 130 Å². The Balaban J connectivity index is 1.57. The van der Waals surface area contributed by atoms with Gasteiger partial charge in [0.05, 0.1) is 6.61 Å². The van der Waals surface area contributed by atoms with E-state index in [0.717, 1.165) is 24.7 Å².